The molecule has 3 heterocycles. The van der Waals surface area contributed by atoms with Crippen molar-refractivity contribution < 1.29 is 9.47 Å². The number of fused-ring (bicyclic) bond motifs is 1. The highest BCUT2D eigenvalue weighted by Gasteiger charge is 2.18. The van der Waals surface area contributed by atoms with E-state index in [-0.39, 0.29) is 0 Å². The first kappa shape index (κ1) is 14.8. The lowest BCUT2D eigenvalue weighted by atomic mass is 10.1. The van der Waals surface area contributed by atoms with E-state index in [4.69, 9.17) is 14.5 Å². The average Bonchev–Trinajstić information content (AvgIpc) is 3.31. The summed E-state index contributed by atoms with van der Waals surface area (Å²) in [5.41, 5.74) is 2.77. The number of methoxy groups -OCH3 is 2. The Hall–Kier alpha value is -2.76. The Bertz CT molecular complexity index is 869. The summed E-state index contributed by atoms with van der Waals surface area (Å²) >= 11 is 0. The largest absolute Gasteiger partial charge is 0.493 e. The number of hydrogen-bond acceptors (Lipinski definition) is 5. The van der Waals surface area contributed by atoms with Crippen molar-refractivity contribution in [1.29, 1.82) is 0 Å². The van der Waals surface area contributed by atoms with Gasteiger partial charge in [-0.25, -0.2) is 9.97 Å². The van der Waals surface area contributed by atoms with Crippen LogP contribution in [-0.4, -0.2) is 41.7 Å². The molecule has 124 valence electrons. The number of hydrogen-bond donors (Lipinski definition) is 0. The molecular weight excluding hydrogens is 304 g/mol. The zero-order valence-electron chi connectivity index (χ0n) is 13.9. The van der Waals surface area contributed by atoms with Crippen LogP contribution in [0.1, 0.15) is 12.8 Å². The predicted octanol–water partition coefficient (Wildman–Crippen LogP) is 3.01. The highest BCUT2D eigenvalue weighted by molar-refractivity contribution is 5.69. The lowest BCUT2D eigenvalue weighted by molar-refractivity contribution is 0.355. The summed E-state index contributed by atoms with van der Waals surface area (Å²) in [5, 5.41) is 0. The zero-order valence-corrected chi connectivity index (χ0v) is 13.9. The summed E-state index contributed by atoms with van der Waals surface area (Å²) in [6, 6.07) is 7.85. The van der Waals surface area contributed by atoms with Gasteiger partial charge in [-0.3, -0.25) is 4.40 Å². The molecule has 6 nitrogen and oxygen atoms in total. The highest BCUT2D eigenvalue weighted by Crippen LogP contribution is 2.33. The molecule has 0 spiro atoms. The van der Waals surface area contributed by atoms with E-state index in [0.717, 1.165) is 35.9 Å². The Kier molecular flexibility index (Phi) is 3.72. The monoisotopic (exact) mass is 324 g/mol. The van der Waals surface area contributed by atoms with Crippen LogP contribution in [0.4, 0.5) is 5.95 Å². The summed E-state index contributed by atoms with van der Waals surface area (Å²) in [5.74, 6) is 2.36. The Morgan fingerprint density at radius 3 is 2.54 bits per heavy atom. The van der Waals surface area contributed by atoms with Gasteiger partial charge in [-0.2, -0.15) is 0 Å². The van der Waals surface area contributed by atoms with Crippen LogP contribution in [0.15, 0.2) is 36.7 Å². The van der Waals surface area contributed by atoms with Crippen LogP contribution >= 0.6 is 0 Å². The first-order valence-corrected chi connectivity index (χ1v) is 8.11. The zero-order chi connectivity index (χ0) is 16.5. The van der Waals surface area contributed by atoms with Crippen LogP contribution in [0.3, 0.4) is 0 Å². The van der Waals surface area contributed by atoms with E-state index in [0.29, 0.717) is 11.5 Å². The molecule has 0 bridgehead atoms. The molecule has 24 heavy (non-hydrogen) atoms. The fourth-order valence-corrected chi connectivity index (χ4v) is 3.19. The number of aromatic nitrogens is 3. The van der Waals surface area contributed by atoms with Crippen molar-refractivity contribution in [2.24, 2.45) is 0 Å². The van der Waals surface area contributed by atoms with Crippen LogP contribution in [0, 0.1) is 0 Å². The first-order chi connectivity index (χ1) is 11.8. The van der Waals surface area contributed by atoms with Gasteiger partial charge in [-0.1, -0.05) is 0 Å². The van der Waals surface area contributed by atoms with E-state index in [2.05, 4.69) is 14.3 Å². The molecule has 1 aromatic carbocycles. The molecule has 0 unspecified atom stereocenters. The summed E-state index contributed by atoms with van der Waals surface area (Å²) in [6.45, 7) is 2.07. The predicted molar refractivity (Wildman–Crippen MR) is 93.0 cm³/mol. The fourth-order valence-electron chi connectivity index (χ4n) is 3.19. The average molecular weight is 324 g/mol. The van der Waals surface area contributed by atoms with E-state index in [9.17, 15) is 0 Å². The third kappa shape index (κ3) is 2.44. The van der Waals surface area contributed by atoms with E-state index >= 15 is 0 Å². The number of benzene rings is 1. The van der Waals surface area contributed by atoms with Crippen LogP contribution < -0.4 is 14.4 Å². The van der Waals surface area contributed by atoms with Crippen LogP contribution in [-0.2, 0) is 0 Å². The molecule has 2 aromatic heterocycles. The van der Waals surface area contributed by atoms with Crippen LogP contribution in [0.25, 0.3) is 16.9 Å². The molecule has 3 aromatic rings. The van der Waals surface area contributed by atoms with Crippen molar-refractivity contribution in [2.45, 2.75) is 12.8 Å². The fraction of sp³-hybridized carbons (Fsp3) is 0.333. The van der Waals surface area contributed by atoms with Gasteiger partial charge in [0.25, 0.3) is 0 Å². The lowest BCUT2D eigenvalue weighted by Crippen LogP contribution is -2.22. The molecule has 0 atom stereocenters. The maximum absolute atomic E-state index is 5.42. The number of rotatable bonds is 4. The van der Waals surface area contributed by atoms with Crippen molar-refractivity contribution in [1.82, 2.24) is 14.4 Å². The molecule has 1 aliphatic heterocycles. The Labute approximate surface area is 140 Å². The number of nitrogens with zero attached hydrogens (tertiary/aromatic N) is 4. The molecule has 1 aliphatic rings. The molecule has 0 amide bonds. The van der Waals surface area contributed by atoms with Gasteiger partial charge in [0.1, 0.15) is 5.65 Å². The van der Waals surface area contributed by atoms with Crippen molar-refractivity contribution in [3.8, 4) is 22.8 Å². The molecule has 1 fully saturated rings. The summed E-state index contributed by atoms with van der Waals surface area (Å²) in [7, 11) is 3.28. The molecule has 4 rings (SSSR count). The van der Waals surface area contributed by atoms with E-state index in [1.165, 1.54) is 12.8 Å². The van der Waals surface area contributed by atoms with E-state index in [1.54, 1.807) is 14.2 Å². The van der Waals surface area contributed by atoms with Crippen LogP contribution in [0.5, 0.6) is 11.5 Å². The standard InChI is InChI=1S/C18H20N4O2/c1-23-15-6-5-13(11-16(15)24-2)14-12-17-19-7-10-22(17)18(20-14)21-8-3-4-9-21/h5-7,10-12H,3-4,8-9H2,1-2H3. The minimum absolute atomic E-state index is 0.697. The van der Waals surface area contributed by atoms with E-state index in [1.807, 2.05) is 36.7 Å². The van der Waals surface area contributed by atoms with Gasteiger partial charge in [0.15, 0.2) is 11.5 Å². The third-order valence-corrected chi connectivity index (χ3v) is 4.44. The number of imidazole rings is 1. The van der Waals surface area contributed by atoms with E-state index < -0.39 is 0 Å². The molecular formula is C18H20N4O2. The molecule has 0 radical (unpaired) electrons. The normalized spacial score (nSPS) is 14.3. The highest BCUT2D eigenvalue weighted by atomic mass is 16.5. The summed E-state index contributed by atoms with van der Waals surface area (Å²) in [6.07, 6.45) is 6.19. The van der Waals surface area contributed by atoms with Gasteiger partial charge < -0.3 is 14.4 Å². The molecule has 0 saturated carbocycles. The lowest BCUT2D eigenvalue weighted by Gasteiger charge is -2.19. The second-order valence-corrected chi connectivity index (χ2v) is 5.86. The van der Waals surface area contributed by atoms with Gasteiger partial charge in [-0.05, 0) is 31.0 Å². The molecule has 0 aliphatic carbocycles. The van der Waals surface area contributed by atoms with Crippen molar-refractivity contribution in [3.63, 3.8) is 0 Å². The minimum Gasteiger partial charge on any atom is -0.493 e. The number of anilines is 1. The van der Waals surface area contributed by atoms with Gasteiger partial charge in [0, 0.05) is 37.1 Å². The quantitative estimate of drug-likeness (QED) is 0.738. The minimum atomic E-state index is 0.697. The Morgan fingerprint density at radius 2 is 1.79 bits per heavy atom. The van der Waals surface area contributed by atoms with Crippen LogP contribution in [0.2, 0.25) is 0 Å². The van der Waals surface area contributed by atoms with Gasteiger partial charge in [0.05, 0.1) is 19.9 Å². The van der Waals surface area contributed by atoms with Gasteiger partial charge >= 0.3 is 0 Å². The maximum atomic E-state index is 5.42. The first-order valence-electron chi connectivity index (χ1n) is 8.11. The Balaban J connectivity index is 1.84. The third-order valence-electron chi connectivity index (χ3n) is 4.44. The smallest absolute Gasteiger partial charge is 0.211 e. The molecule has 6 heteroatoms. The molecule has 0 N–H and O–H groups in total. The second-order valence-electron chi connectivity index (χ2n) is 5.86. The maximum Gasteiger partial charge on any atom is 0.211 e. The summed E-state index contributed by atoms with van der Waals surface area (Å²) in [4.78, 5) is 11.7. The number of ether oxygens (including phenoxy) is 2. The topological polar surface area (TPSA) is 51.9 Å². The van der Waals surface area contributed by atoms with Crippen molar-refractivity contribution in [2.75, 3.05) is 32.2 Å². The second kappa shape index (κ2) is 6.03. The van der Waals surface area contributed by atoms with Gasteiger partial charge in [0.2, 0.25) is 5.95 Å². The van der Waals surface area contributed by atoms with Crippen molar-refractivity contribution >= 4 is 11.6 Å². The van der Waals surface area contributed by atoms with Crippen molar-refractivity contribution in [3.05, 3.63) is 36.7 Å². The molecule has 1 saturated heterocycles. The SMILES string of the molecule is COc1ccc(-c2cc3nccn3c(N3CCCC3)n2)cc1OC. The Morgan fingerprint density at radius 1 is 1.00 bits per heavy atom. The van der Waals surface area contributed by atoms with Gasteiger partial charge in [-0.15, -0.1) is 0 Å². The summed E-state index contributed by atoms with van der Waals surface area (Å²) < 4.78 is 12.8.